The van der Waals surface area contributed by atoms with E-state index in [9.17, 15) is 31.2 Å². The molecule has 0 saturated carbocycles. The van der Waals surface area contributed by atoms with Crippen molar-refractivity contribution >= 4 is 22.2 Å². The zero-order valence-electron chi connectivity index (χ0n) is 33.9. The molecule has 1 aliphatic rings. The van der Waals surface area contributed by atoms with Gasteiger partial charge in [0, 0.05) is 23.6 Å². The Morgan fingerprint density at radius 1 is 0.966 bits per heavy atom. The number of allylic oxidation sites excluding steroid dienone is 3. The number of hydrogen-bond donors (Lipinski definition) is 2. The van der Waals surface area contributed by atoms with Crippen molar-refractivity contribution < 1.29 is 45.4 Å². The van der Waals surface area contributed by atoms with E-state index in [1.165, 1.54) is 17.7 Å². The molecular weight excluding hydrogens is 786 g/mol. The van der Waals surface area contributed by atoms with Gasteiger partial charge in [-0.2, -0.15) is 18.3 Å². The van der Waals surface area contributed by atoms with Crippen LogP contribution in [0.15, 0.2) is 95.4 Å². The number of methoxy groups -OCH3 is 1. The fourth-order valence-electron chi connectivity index (χ4n) is 7.04. The molecule has 0 bridgehead atoms. The lowest BCUT2D eigenvalue weighted by Gasteiger charge is -2.32. The summed E-state index contributed by atoms with van der Waals surface area (Å²) in [5.41, 5.74) is 4.61. The molecule has 15 heteroatoms. The summed E-state index contributed by atoms with van der Waals surface area (Å²) < 4.78 is 86.6. The summed E-state index contributed by atoms with van der Waals surface area (Å²) >= 11 is 0. The number of nitrogens with one attached hydrogen (secondary N) is 2. The highest BCUT2D eigenvalue weighted by molar-refractivity contribution is 7.90. The molecule has 59 heavy (non-hydrogen) atoms. The topological polar surface area (TPSA) is 138 Å². The zero-order chi connectivity index (χ0) is 42.9. The van der Waals surface area contributed by atoms with E-state index in [1.807, 2.05) is 30.7 Å². The summed E-state index contributed by atoms with van der Waals surface area (Å²) in [5.74, 6) is 1.06. The average molecular weight is 837 g/mol. The standard InChI is InChI=1S/C44H51F3N4O7S/c1-7-8-9-11-31-25-38(56-6)41(36-24-30(5)14-21-35(36)28(2)3)39(26-31)58-42(52)48-22-10-23-57-43(53)50-59(54,55)34-19-17-33(18-20-34)51-37(27-40(49-51)44(45,46)47)32-15-12-29(4)13-16-32/h12-13,15-20,24-27,35-36H,2,7-11,14,21-23H2,1,3-6H3,(H,48,52)(H,50,53)/t35-,36+/m0/s1. The lowest BCUT2D eigenvalue weighted by molar-refractivity contribution is -0.141. The Kier molecular flexibility index (Phi) is 14.7. The quantitative estimate of drug-likeness (QED) is 0.0841. The largest absolute Gasteiger partial charge is 0.496 e. The van der Waals surface area contributed by atoms with Crippen molar-refractivity contribution in [3.63, 3.8) is 0 Å². The minimum atomic E-state index is -4.71. The third kappa shape index (κ3) is 11.6. The van der Waals surface area contributed by atoms with E-state index in [0.29, 0.717) is 17.1 Å². The Morgan fingerprint density at radius 2 is 1.66 bits per heavy atom. The first-order chi connectivity index (χ1) is 28.0. The number of benzene rings is 3. The molecule has 0 fully saturated rings. The molecule has 0 radical (unpaired) electrons. The average Bonchev–Trinajstić information content (AvgIpc) is 3.64. The molecule has 0 spiro atoms. The Balaban J connectivity index is 1.18. The maximum atomic E-state index is 13.6. The SMILES string of the molecule is C=C(C)[C@@H]1CCC(C)=C[C@H]1c1c(OC)cc(CCCCC)cc1OC(=O)NCCCOC(=O)NS(=O)(=O)c1ccc(-n2nc(C(F)(F)F)cc2-c2ccc(C)cc2)cc1. The number of rotatable bonds is 16. The van der Waals surface area contributed by atoms with Crippen LogP contribution in [0.3, 0.4) is 0 Å². The van der Waals surface area contributed by atoms with Gasteiger partial charge in [-0.15, -0.1) is 0 Å². The number of aromatic nitrogens is 2. The van der Waals surface area contributed by atoms with E-state index in [0.717, 1.165) is 83.7 Å². The van der Waals surface area contributed by atoms with Crippen molar-refractivity contribution in [2.75, 3.05) is 20.3 Å². The second-order valence-electron chi connectivity index (χ2n) is 14.8. The Labute approximate surface area is 343 Å². The molecule has 1 heterocycles. The van der Waals surface area contributed by atoms with Crippen LogP contribution in [0.1, 0.15) is 87.6 Å². The van der Waals surface area contributed by atoms with Crippen molar-refractivity contribution in [1.82, 2.24) is 19.8 Å². The van der Waals surface area contributed by atoms with Crippen LogP contribution in [-0.2, 0) is 27.4 Å². The molecule has 316 valence electrons. The lowest BCUT2D eigenvalue weighted by atomic mass is 9.73. The molecule has 1 aromatic heterocycles. The van der Waals surface area contributed by atoms with Crippen LogP contribution < -0.4 is 19.5 Å². The highest BCUT2D eigenvalue weighted by atomic mass is 32.2. The minimum absolute atomic E-state index is 0.0495. The molecular formula is C44H51F3N4O7S. The van der Waals surface area contributed by atoms with Crippen LogP contribution in [0.2, 0.25) is 0 Å². The van der Waals surface area contributed by atoms with Crippen molar-refractivity contribution in [2.45, 2.75) is 89.6 Å². The maximum absolute atomic E-state index is 13.6. The molecule has 0 saturated heterocycles. The second-order valence-corrected chi connectivity index (χ2v) is 16.5. The van der Waals surface area contributed by atoms with Gasteiger partial charge in [-0.3, -0.25) is 0 Å². The molecule has 2 amide bonds. The van der Waals surface area contributed by atoms with Gasteiger partial charge in [0.2, 0.25) is 0 Å². The normalized spacial score (nSPS) is 15.6. The van der Waals surface area contributed by atoms with Gasteiger partial charge < -0.3 is 19.5 Å². The molecule has 11 nitrogen and oxygen atoms in total. The van der Waals surface area contributed by atoms with Gasteiger partial charge in [0.1, 0.15) is 11.5 Å². The molecule has 4 aromatic rings. The van der Waals surface area contributed by atoms with Gasteiger partial charge in [-0.1, -0.05) is 73.4 Å². The molecule has 0 aliphatic heterocycles. The van der Waals surface area contributed by atoms with E-state index in [2.05, 4.69) is 36.9 Å². The third-order valence-corrected chi connectivity index (χ3v) is 11.5. The van der Waals surface area contributed by atoms with Crippen molar-refractivity contribution in [2.24, 2.45) is 5.92 Å². The Morgan fingerprint density at radius 3 is 2.31 bits per heavy atom. The van der Waals surface area contributed by atoms with Crippen LogP contribution in [0, 0.1) is 12.8 Å². The van der Waals surface area contributed by atoms with Crippen LogP contribution in [0.25, 0.3) is 16.9 Å². The number of halogens is 3. The smallest absolute Gasteiger partial charge is 0.435 e. The third-order valence-electron chi connectivity index (χ3n) is 10.1. The van der Waals surface area contributed by atoms with Gasteiger partial charge in [0.05, 0.1) is 30.0 Å². The minimum Gasteiger partial charge on any atom is -0.496 e. The number of nitrogens with zero attached hydrogens (tertiary/aromatic N) is 2. The number of sulfonamides is 1. The first-order valence-corrected chi connectivity index (χ1v) is 21.0. The number of aryl methyl sites for hydroxylation is 2. The highest BCUT2D eigenvalue weighted by Crippen LogP contribution is 2.47. The maximum Gasteiger partial charge on any atom is 0.435 e. The second kappa shape index (κ2) is 19.5. The summed E-state index contributed by atoms with van der Waals surface area (Å²) in [6, 6.07) is 16.5. The van der Waals surface area contributed by atoms with Crippen LogP contribution in [0.4, 0.5) is 22.8 Å². The van der Waals surface area contributed by atoms with Crippen LogP contribution in [0.5, 0.6) is 11.5 Å². The van der Waals surface area contributed by atoms with E-state index < -0.39 is 34.1 Å². The van der Waals surface area contributed by atoms with Gasteiger partial charge >= 0.3 is 18.4 Å². The zero-order valence-corrected chi connectivity index (χ0v) is 34.8. The summed E-state index contributed by atoms with van der Waals surface area (Å²) in [7, 11) is -2.82. The fourth-order valence-corrected chi connectivity index (χ4v) is 7.93. The first-order valence-electron chi connectivity index (χ1n) is 19.5. The number of amides is 2. The van der Waals surface area contributed by atoms with Gasteiger partial charge in [0.15, 0.2) is 5.69 Å². The van der Waals surface area contributed by atoms with Crippen molar-refractivity contribution in [3.05, 3.63) is 113 Å². The molecule has 2 N–H and O–H groups in total. The van der Waals surface area contributed by atoms with E-state index >= 15 is 0 Å². The molecule has 3 aromatic carbocycles. The molecule has 2 atom stereocenters. The Bertz CT molecular complexity index is 2270. The molecule has 1 aliphatic carbocycles. The summed E-state index contributed by atoms with van der Waals surface area (Å²) in [6.45, 7) is 12.1. The van der Waals surface area contributed by atoms with Gasteiger partial charge in [0.25, 0.3) is 10.0 Å². The molecule has 5 rings (SSSR count). The fraction of sp³-hybridized carbons (Fsp3) is 0.386. The van der Waals surface area contributed by atoms with Crippen molar-refractivity contribution in [3.8, 4) is 28.4 Å². The van der Waals surface area contributed by atoms with Gasteiger partial charge in [-0.05, 0) is 107 Å². The first kappa shape index (κ1) is 44.5. The number of ether oxygens (including phenoxy) is 3. The molecule has 0 unspecified atom stereocenters. The number of unbranched alkanes of at least 4 members (excludes halogenated alkanes) is 2. The van der Waals surface area contributed by atoms with Crippen LogP contribution >= 0.6 is 0 Å². The highest BCUT2D eigenvalue weighted by Gasteiger charge is 2.36. The number of carbonyl (C=O) groups is 2. The monoisotopic (exact) mass is 836 g/mol. The lowest BCUT2D eigenvalue weighted by Crippen LogP contribution is -2.32. The van der Waals surface area contributed by atoms with E-state index in [4.69, 9.17) is 14.2 Å². The summed E-state index contributed by atoms with van der Waals surface area (Å²) in [6.07, 6.45) is 1.40. The van der Waals surface area contributed by atoms with E-state index in [1.54, 1.807) is 31.4 Å². The number of alkyl halides is 3. The van der Waals surface area contributed by atoms with Gasteiger partial charge in [-0.25, -0.2) is 27.4 Å². The Hall–Kier alpha value is -5.57. The predicted octanol–water partition coefficient (Wildman–Crippen LogP) is 10.2. The van der Waals surface area contributed by atoms with E-state index in [-0.39, 0.29) is 47.7 Å². The summed E-state index contributed by atoms with van der Waals surface area (Å²) in [4.78, 5) is 25.3. The van der Waals surface area contributed by atoms with Crippen molar-refractivity contribution in [1.29, 1.82) is 0 Å². The predicted molar refractivity (Wildman–Crippen MR) is 219 cm³/mol. The van der Waals surface area contributed by atoms with Crippen LogP contribution in [-0.4, -0.2) is 50.6 Å². The number of carbonyl (C=O) groups excluding carboxylic acids is 2. The summed E-state index contributed by atoms with van der Waals surface area (Å²) in [5, 5.41) is 6.41. The number of hydrogen-bond acceptors (Lipinski definition) is 8.